The van der Waals surface area contributed by atoms with Crippen molar-refractivity contribution < 1.29 is 22.7 Å². The summed E-state index contributed by atoms with van der Waals surface area (Å²) in [6.07, 6.45) is 0.772. The van der Waals surface area contributed by atoms with Crippen LogP contribution in [0.1, 0.15) is 37.8 Å². The summed E-state index contributed by atoms with van der Waals surface area (Å²) >= 11 is 0. The van der Waals surface area contributed by atoms with Crippen LogP contribution >= 0.6 is 0 Å². The standard InChI is InChI=1S/C23H28N2O5S/c1-16(2)30-20-7-9-21(10-8-20)31(27,28)24-13-11-19(12-14-24)25-22-17(3)5-4-6-18(22)15-29-23(25)26/h4-10,16,19H,11-15H2,1-3H3. The zero-order chi connectivity index (χ0) is 22.2. The average Bonchev–Trinajstić information content (AvgIpc) is 2.74. The molecule has 4 rings (SSSR count). The van der Waals surface area contributed by atoms with Gasteiger partial charge in [-0.25, -0.2) is 13.2 Å². The molecule has 1 fully saturated rings. The number of fused-ring (bicyclic) bond motifs is 1. The second-order valence-electron chi connectivity index (χ2n) is 8.28. The van der Waals surface area contributed by atoms with Crippen LogP contribution in [0.25, 0.3) is 0 Å². The third-order valence-corrected chi connectivity index (χ3v) is 7.64. The number of piperidine rings is 1. The first-order valence-corrected chi connectivity index (χ1v) is 12.0. The zero-order valence-electron chi connectivity index (χ0n) is 18.1. The molecule has 0 unspecified atom stereocenters. The zero-order valence-corrected chi connectivity index (χ0v) is 18.9. The fourth-order valence-corrected chi connectivity index (χ4v) is 5.73. The normalized spacial score (nSPS) is 18.1. The summed E-state index contributed by atoms with van der Waals surface area (Å²) in [6.45, 7) is 6.80. The second-order valence-corrected chi connectivity index (χ2v) is 10.2. The lowest BCUT2D eigenvalue weighted by Gasteiger charge is -2.40. The van der Waals surface area contributed by atoms with Gasteiger partial charge in [-0.1, -0.05) is 18.2 Å². The molecule has 166 valence electrons. The Morgan fingerprint density at radius 3 is 2.39 bits per heavy atom. The molecule has 0 aromatic heterocycles. The smallest absolute Gasteiger partial charge is 0.414 e. The number of hydrogen-bond acceptors (Lipinski definition) is 5. The maximum absolute atomic E-state index is 13.1. The highest BCUT2D eigenvalue weighted by Gasteiger charge is 2.37. The van der Waals surface area contributed by atoms with Gasteiger partial charge in [-0.15, -0.1) is 0 Å². The van der Waals surface area contributed by atoms with Gasteiger partial charge in [0.25, 0.3) is 0 Å². The maximum Gasteiger partial charge on any atom is 0.414 e. The minimum absolute atomic E-state index is 0.0247. The van der Waals surface area contributed by atoms with Crippen LogP contribution in [0.15, 0.2) is 47.4 Å². The van der Waals surface area contributed by atoms with E-state index in [-0.39, 0.29) is 29.7 Å². The van der Waals surface area contributed by atoms with Crippen LogP contribution in [0.4, 0.5) is 10.5 Å². The molecule has 0 aliphatic carbocycles. The Bertz CT molecular complexity index is 1060. The van der Waals surface area contributed by atoms with Crippen molar-refractivity contribution in [2.24, 2.45) is 0 Å². The monoisotopic (exact) mass is 444 g/mol. The third kappa shape index (κ3) is 4.27. The van der Waals surface area contributed by atoms with Gasteiger partial charge in [0.1, 0.15) is 12.4 Å². The fourth-order valence-electron chi connectivity index (χ4n) is 4.27. The molecular weight excluding hydrogens is 416 g/mol. The van der Waals surface area contributed by atoms with Crippen molar-refractivity contribution >= 4 is 21.8 Å². The van der Waals surface area contributed by atoms with E-state index < -0.39 is 10.0 Å². The van der Waals surface area contributed by atoms with Crippen LogP contribution in [0.5, 0.6) is 5.75 Å². The lowest BCUT2D eigenvalue weighted by atomic mass is 10.00. The van der Waals surface area contributed by atoms with Gasteiger partial charge in [0.15, 0.2) is 0 Å². The van der Waals surface area contributed by atoms with Gasteiger partial charge in [0.05, 0.1) is 16.7 Å². The summed E-state index contributed by atoms with van der Waals surface area (Å²) in [5.41, 5.74) is 2.91. The van der Waals surface area contributed by atoms with Crippen LogP contribution < -0.4 is 9.64 Å². The number of sulfonamides is 1. The molecule has 7 nitrogen and oxygen atoms in total. The minimum Gasteiger partial charge on any atom is -0.491 e. The third-order valence-electron chi connectivity index (χ3n) is 5.73. The molecule has 0 bridgehead atoms. The lowest BCUT2D eigenvalue weighted by Crippen LogP contribution is -2.50. The number of para-hydroxylation sites is 1. The van der Waals surface area contributed by atoms with Gasteiger partial charge < -0.3 is 9.47 Å². The van der Waals surface area contributed by atoms with Crippen LogP contribution in [0, 0.1) is 6.92 Å². The predicted molar refractivity (Wildman–Crippen MR) is 118 cm³/mol. The molecule has 0 N–H and O–H groups in total. The Hall–Kier alpha value is -2.58. The van der Waals surface area contributed by atoms with Gasteiger partial charge in [0.2, 0.25) is 10.0 Å². The van der Waals surface area contributed by atoms with Crippen LogP contribution in [-0.2, 0) is 21.4 Å². The molecule has 2 aliphatic rings. The highest BCUT2D eigenvalue weighted by atomic mass is 32.2. The predicted octanol–water partition coefficient (Wildman–Crippen LogP) is 4.09. The summed E-state index contributed by atoms with van der Waals surface area (Å²) in [5.74, 6) is 0.644. The number of carbonyl (C=O) groups excluding carboxylic acids is 1. The van der Waals surface area contributed by atoms with Crippen LogP contribution in [0.2, 0.25) is 0 Å². The van der Waals surface area contributed by atoms with E-state index in [0.29, 0.717) is 31.7 Å². The largest absolute Gasteiger partial charge is 0.491 e. The highest BCUT2D eigenvalue weighted by molar-refractivity contribution is 7.89. The minimum atomic E-state index is -3.60. The molecule has 1 saturated heterocycles. The summed E-state index contributed by atoms with van der Waals surface area (Å²) in [5, 5.41) is 0. The number of hydrogen-bond donors (Lipinski definition) is 0. The van der Waals surface area contributed by atoms with Crippen molar-refractivity contribution in [2.75, 3.05) is 18.0 Å². The Morgan fingerprint density at radius 2 is 1.74 bits per heavy atom. The average molecular weight is 445 g/mol. The second kappa shape index (κ2) is 8.51. The molecule has 2 aliphatic heterocycles. The number of ether oxygens (including phenoxy) is 2. The summed E-state index contributed by atoms with van der Waals surface area (Å²) in [4.78, 5) is 14.5. The number of anilines is 1. The number of nitrogens with zero attached hydrogens (tertiary/aromatic N) is 2. The first kappa shape index (κ1) is 21.6. The van der Waals surface area contributed by atoms with E-state index in [9.17, 15) is 13.2 Å². The fraction of sp³-hybridized carbons (Fsp3) is 0.435. The van der Waals surface area contributed by atoms with E-state index in [1.807, 2.05) is 39.0 Å². The lowest BCUT2D eigenvalue weighted by molar-refractivity contribution is 0.135. The SMILES string of the molecule is Cc1cccc2c1N(C1CCN(S(=O)(=O)c3ccc(OC(C)C)cc3)CC1)C(=O)OC2. The van der Waals surface area contributed by atoms with Gasteiger partial charge in [-0.2, -0.15) is 4.31 Å². The molecule has 2 aromatic carbocycles. The summed E-state index contributed by atoms with van der Waals surface area (Å²) in [7, 11) is -3.60. The van der Waals surface area contributed by atoms with Crippen molar-refractivity contribution in [3.8, 4) is 5.75 Å². The summed E-state index contributed by atoms with van der Waals surface area (Å²) in [6, 6.07) is 12.3. The number of aryl methyl sites for hydroxylation is 1. The van der Waals surface area contributed by atoms with Crippen LogP contribution in [0.3, 0.4) is 0 Å². The summed E-state index contributed by atoms with van der Waals surface area (Å²) < 4.78 is 38.7. The van der Waals surface area contributed by atoms with Gasteiger partial charge in [-0.3, -0.25) is 4.90 Å². The molecule has 0 atom stereocenters. The highest BCUT2D eigenvalue weighted by Crippen LogP contribution is 2.35. The van der Waals surface area contributed by atoms with E-state index in [0.717, 1.165) is 16.8 Å². The van der Waals surface area contributed by atoms with Gasteiger partial charge in [0, 0.05) is 24.7 Å². The van der Waals surface area contributed by atoms with Gasteiger partial charge in [-0.05, 0) is 63.4 Å². The van der Waals surface area contributed by atoms with E-state index in [1.54, 1.807) is 29.2 Å². The molecule has 0 radical (unpaired) electrons. The molecule has 0 spiro atoms. The molecule has 0 saturated carbocycles. The Labute approximate surface area is 183 Å². The number of cyclic esters (lactones) is 1. The van der Waals surface area contributed by atoms with E-state index in [2.05, 4.69) is 0 Å². The molecule has 2 aromatic rings. The Morgan fingerprint density at radius 1 is 1.06 bits per heavy atom. The van der Waals surface area contributed by atoms with Crippen molar-refractivity contribution in [1.29, 1.82) is 0 Å². The van der Waals surface area contributed by atoms with E-state index in [4.69, 9.17) is 9.47 Å². The van der Waals surface area contributed by atoms with Crippen molar-refractivity contribution in [2.45, 2.75) is 57.3 Å². The number of carbonyl (C=O) groups is 1. The van der Waals surface area contributed by atoms with Crippen molar-refractivity contribution in [3.63, 3.8) is 0 Å². The van der Waals surface area contributed by atoms with Crippen molar-refractivity contribution in [1.82, 2.24) is 4.31 Å². The van der Waals surface area contributed by atoms with E-state index >= 15 is 0 Å². The molecule has 2 heterocycles. The number of benzene rings is 2. The quantitative estimate of drug-likeness (QED) is 0.694. The van der Waals surface area contributed by atoms with E-state index in [1.165, 1.54) is 4.31 Å². The molecule has 31 heavy (non-hydrogen) atoms. The maximum atomic E-state index is 13.1. The molecule has 8 heteroatoms. The van der Waals surface area contributed by atoms with Gasteiger partial charge >= 0.3 is 6.09 Å². The molecular formula is C23H28N2O5S. The Balaban J connectivity index is 1.48. The first-order chi connectivity index (χ1) is 14.8. The van der Waals surface area contributed by atoms with Crippen molar-refractivity contribution in [3.05, 3.63) is 53.6 Å². The molecule has 1 amide bonds. The Kier molecular flexibility index (Phi) is 5.94. The number of rotatable bonds is 5. The first-order valence-electron chi connectivity index (χ1n) is 10.6. The van der Waals surface area contributed by atoms with Crippen LogP contribution in [-0.4, -0.2) is 44.1 Å². The topological polar surface area (TPSA) is 76.2 Å². The number of amides is 1.